The number of aromatic hydroxyl groups is 1. The number of likely N-dealkylation sites (tertiary alicyclic amines) is 1. The molecular weight excluding hydrogens is 382 g/mol. The zero-order valence-corrected chi connectivity index (χ0v) is 17.7. The maximum Gasteiger partial charge on any atom is 0.328 e. The van der Waals surface area contributed by atoms with Crippen molar-refractivity contribution in [3.63, 3.8) is 0 Å². The first-order valence-corrected chi connectivity index (χ1v) is 10.5. The fraction of sp³-hybridized carbons (Fsp3) is 0.500. The van der Waals surface area contributed by atoms with E-state index in [1.54, 1.807) is 12.1 Å². The summed E-state index contributed by atoms with van der Waals surface area (Å²) in [7, 11) is 2.20. The van der Waals surface area contributed by atoms with Crippen LogP contribution in [-0.4, -0.2) is 52.6 Å². The summed E-state index contributed by atoms with van der Waals surface area (Å²) in [6, 6.07) is 4.26. The summed E-state index contributed by atoms with van der Waals surface area (Å²) in [6.07, 6.45) is 7.54. The first kappa shape index (κ1) is 20.7. The number of phenolic OH excluding ortho intramolecular Hbond substituents is 1. The Morgan fingerprint density at radius 1 is 1.33 bits per heavy atom. The van der Waals surface area contributed by atoms with Gasteiger partial charge in [-0.05, 0) is 64.3 Å². The second-order valence-corrected chi connectivity index (χ2v) is 9.04. The van der Waals surface area contributed by atoms with E-state index in [4.69, 9.17) is 9.84 Å². The van der Waals surface area contributed by atoms with Gasteiger partial charge < -0.3 is 19.8 Å². The van der Waals surface area contributed by atoms with Crippen molar-refractivity contribution in [1.29, 1.82) is 0 Å². The molecule has 6 nitrogen and oxygen atoms in total. The van der Waals surface area contributed by atoms with E-state index in [1.165, 1.54) is 11.6 Å². The van der Waals surface area contributed by atoms with Gasteiger partial charge in [0.05, 0.1) is 0 Å². The van der Waals surface area contributed by atoms with Gasteiger partial charge in [0.15, 0.2) is 23.4 Å². The average molecular weight is 411 g/mol. The highest BCUT2D eigenvalue weighted by Gasteiger charge is 2.65. The molecule has 2 bridgehead atoms. The van der Waals surface area contributed by atoms with E-state index < -0.39 is 5.97 Å². The molecule has 6 heteroatoms. The van der Waals surface area contributed by atoms with Crippen LogP contribution >= 0.6 is 0 Å². The van der Waals surface area contributed by atoms with E-state index in [9.17, 15) is 14.7 Å². The molecule has 1 saturated heterocycles. The van der Waals surface area contributed by atoms with Crippen molar-refractivity contribution in [2.45, 2.75) is 57.1 Å². The van der Waals surface area contributed by atoms with Gasteiger partial charge >= 0.3 is 5.97 Å². The number of likely N-dealkylation sites (N-methyl/N-ethyl adjacent to an activating group) is 1. The van der Waals surface area contributed by atoms with Gasteiger partial charge in [-0.1, -0.05) is 23.8 Å². The van der Waals surface area contributed by atoms with E-state index in [0.717, 1.165) is 43.0 Å². The van der Waals surface area contributed by atoms with Crippen molar-refractivity contribution in [3.05, 3.63) is 47.1 Å². The Morgan fingerprint density at radius 2 is 2.10 bits per heavy atom. The van der Waals surface area contributed by atoms with Gasteiger partial charge in [-0.2, -0.15) is 0 Å². The minimum atomic E-state index is -0.910. The summed E-state index contributed by atoms with van der Waals surface area (Å²) in [4.78, 5) is 24.8. The average Bonchev–Trinajstić information content (AvgIpc) is 3.04. The number of allylic oxidation sites excluding steroid dienone is 3. The number of carboxylic acid groups (broad SMARTS) is 1. The molecule has 2 N–H and O–H groups in total. The number of Topliss-reactive ketones (excluding diaryl/α,β-unsaturated/α-hetero) is 1. The van der Waals surface area contributed by atoms with Crippen LogP contribution in [0.15, 0.2) is 35.9 Å². The molecule has 5 rings (SSSR count). The number of rotatable bonds is 2. The normalized spacial score (nSPS) is 30.8. The number of carboxylic acids is 1. The van der Waals surface area contributed by atoms with Crippen molar-refractivity contribution in [3.8, 4) is 11.5 Å². The topological polar surface area (TPSA) is 87.1 Å². The molecule has 160 valence electrons. The minimum absolute atomic E-state index is 0.172. The molecule has 2 aliphatic carbocycles. The van der Waals surface area contributed by atoms with Crippen molar-refractivity contribution in [1.82, 2.24) is 4.90 Å². The number of piperidine rings is 1. The van der Waals surface area contributed by atoms with E-state index in [-0.39, 0.29) is 23.1 Å². The number of carbonyl (C=O) groups is 2. The number of phenols is 1. The van der Waals surface area contributed by atoms with Crippen LogP contribution in [-0.2, 0) is 21.4 Å². The van der Waals surface area contributed by atoms with Gasteiger partial charge in [-0.25, -0.2) is 4.79 Å². The second kappa shape index (κ2) is 7.58. The molecule has 0 radical (unpaired) electrons. The molecule has 4 atom stereocenters. The number of ether oxygens (including phenoxy) is 1. The molecule has 0 unspecified atom stereocenters. The van der Waals surface area contributed by atoms with Crippen molar-refractivity contribution in [2.75, 3.05) is 13.6 Å². The zero-order chi connectivity index (χ0) is 21.6. The van der Waals surface area contributed by atoms with Crippen LogP contribution in [0.3, 0.4) is 0 Å². The summed E-state index contributed by atoms with van der Waals surface area (Å²) in [5.41, 5.74) is 3.35. The monoisotopic (exact) mass is 411 g/mol. The molecule has 1 aromatic rings. The lowest BCUT2D eigenvalue weighted by molar-refractivity contribution is -0.138. The minimum Gasteiger partial charge on any atom is -0.504 e. The third-order valence-corrected chi connectivity index (χ3v) is 7.05. The molecule has 2 heterocycles. The number of hydrogen-bond donors (Lipinski definition) is 2. The number of nitrogens with zero attached hydrogens (tertiary/aromatic N) is 1. The van der Waals surface area contributed by atoms with Gasteiger partial charge in [0.2, 0.25) is 0 Å². The molecule has 4 aliphatic rings. The summed E-state index contributed by atoms with van der Waals surface area (Å²) in [6.45, 7) is 4.82. The molecule has 1 aromatic carbocycles. The summed E-state index contributed by atoms with van der Waals surface area (Å²) >= 11 is 0. The van der Waals surface area contributed by atoms with Crippen molar-refractivity contribution < 1.29 is 24.5 Å². The Bertz CT molecular complexity index is 945. The smallest absolute Gasteiger partial charge is 0.328 e. The lowest BCUT2D eigenvalue weighted by atomic mass is 9.52. The Kier molecular flexibility index (Phi) is 5.22. The summed E-state index contributed by atoms with van der Waals surface area (Å²) < 4.78 is 6.04. The van der Waals surface area contributed by atoms with Crippen molar-refractivity contribution >= 4 is 11.8 Å². The van der Waals surface area contributed by atoms with Gasteiger partial charge in [-0.3, -0.25) is 4.79 Å². The highest BCUT2D eigenvalue weighted by atomic mass is 16.5. The molecule has 0 amide bonds. The fourth-order valence-corrected chi connectivity index (χ4v) is 5.84. The lowest BCUT2D eigenvalue weighted by Gasteiger charge is -2.57. The molecule has 1 saturated carbocycles. The summed E-state index contributed by atoms with van der Waals surface area (Å²) in [5.74, 6) is 0.585. The predicted octanol–water partition coefficient (Wildman–Crippen LogP) is 3.22. The van der Waals surface area contributed by atoms with E-state index in [0.29, 0.717) is 24.1 Å². The van der Waals surface area contributed by atoms with Gasteiger partial charge in [0, 0.05) is 29.5 Å². The van der Waals surface area contributed by atoms with Crippen molar-refractivity contribution in [2.24, 2.45) is 5.92 Å². The van der Waals surface area contributed by atoms with Crippen LogP contribution in [0.4, 0.5) is 0 Å². The Balaban J connectivity index is 0.000000208. The van der Waals surface area contributed by atoms with E-state index in [1.807, 2.05) is 19.9 Å². The molecule has 2 aliphatic heterocycles. The fourth-order valence-electron chi connectivity index (χ4n) is 5.84. The number of carbonyl (C=O) groups excluding carboxylic acids is 1. The third-order valence-electron chi connectivity index (χ3n) is 7.05. The van der Waals surface area contributed by atoms with Crippen LogP contribution in [0.25, 0.3) is 0 Å². The number of hydrogen-bond acceptors (Lipinski definition) is 5. The molecule has 30 heavy (non-hydrogen) atoms. The molecule has 1 spiro atoms. The maximum atomic E-state index is 12.5. The van der Waals surface area contributed by atoms with Crippen LogP contribution in [0, 0.1) is 5.92 Å². The highest BCUT2D eigenvalue weighted by Crippen LogP contribution is 2.62. The number of benzene rings is 1. The molecule has 2 fully saturated rings. The van der Waals surface area contributed by atoms with Crippen LogP contribution in [0.5, 0.6) is 11.5 Å². The van der Waals surface area contributed by atoms with E-state index in [2.05, 4.69) is 11.9 Å². The van der Waals surface area contributed by atoms with Crippen LogP contribution in [0.1, 0.15) is 44.2 Å². The highest BCUT2D eigenvalue weighted by molar-refractivity contribution is 5.89. The first-order chi connectivity index (χ1) is 14.3. The number of ketones is 1. The SMILES string of the molecule is CC(C)=C/C=C/C(=O)O.CN1CC[C@]23c4c5ccc(O)c4O[C@H]2C(=O)CC[C@H]3[C@H]1C5. The largest absolute Gasteiger partial charge is 0.504 e. The quantitative estimate of drug-likeness (QED) is 0.574. The lowest BCUT2D eigenvalue weighted by Crippen LogP contribution is -2.65. The maximum absolute atomic E-state index is 12.5. The third kappa shape index (κ3) is 3.14. The van der Waals surface area contributed by atoms with Gasteiger partial charge in [0.1, 0.15) is 0 Å². The Morgan fingerprint density at radius 3 is 2.80 bits per heavy atom. The van der Waals surface area contributed by atoms with Crippen LogP contribution in [0.2, 0.25) is 0 Å². The molecular formula is C24H29NO5. The number of aliphatic carboxylic acids is 1. The second-order valence-electron chi connectivity index (χ2n) is 9.04. The zero-order valence-electron chi connectivity index (χ0n) is 17.7. The summed E-state index contributed by atoms with van der Waals surface area (Å²) in [5, 5.41) is 18.3. The van der Waals surface area contributed by atoms with Crippen LogP contribution < -0.4 is 4.74 Å². The first-order valence-electron chi connectivity index (χ1n) is 10.5. The molecule has 0 aromatic heterocycles. The van der Waals surface area contributed by atoms with Gasteiger partial charge in [-0.15, -0.1) is 0 Å². The predicted molar refractivity (Wildman–Crippen MR) is 113 cm³/mol. The van der Waals surface area contributed by atoms with Gasteiger partial charge in [0.25, 0.3) is 0 Å². The standard InChI is InChI=1S/C17H19NO3.C7H10O2/c1-18-7-6-17-10-3-5-13(20)16(17)21-15-12(19)4-2-9(14(15)17)8-11(10)18;1-6(2)4-3-5-7(8)9/h2,4,10-11,16,19H,3,5-8H2,1H3;3-5H,1-2H3,(H,8,9)/b;5-3+/t10-,11+,16-,17-;/m0./s1. The Hall–Kier alpha value is -2.60. The Labute approximate surface area is 176 Å². The van der Waals surface area contributed by atoms with E-state index >= 15 is 0 Å².